The maximum absolute atomic E-state index is 2.47. The Kier molecular flexibility index (Phi) is 1.76. The molecule has 1 aliphatic carbocycles. The van der Waals surface area contributed by atoms with Gasteiger partial charge in [-0.15, -0.1) is 0 Å². The molecule has 1 heterocycles. The number of fused-ring (bicyclic) bond motifs is 1. The standard InChI is InChI=1S/C10H17N/c1-8-3-4-9-7-11(2)6-5-10(8)9/h3,9-10H,4-7H2,1-2H3. The van der Waals surface area contributed by atoms with Crippen molar-refractivity contribution >= 4 is 0 Å². The fraction of sp³-hybridized carbons (Fsp3) is 0.800. The molecule has 62 valence electrons. The van der Waals surface area contributed by atoms with Crippen LogP contribution in [0, 0.1) is 11.8 Å². The first kappa shape index (κ1) is 7.35. The van der Waals surface area contributed by atoms with Crippen molar-refractivity contribution in [3.63, 3.8) is 0 Å². The molecule has 0 spiro atoms. The number of hydrogen-bond acceptors (Lipinski definition) is 1. The van der Waals surface area contributed by atoms with E-state index in [0.29, 0.717) is 0 Å². The molecule has 0 amide bonds. The molecule has 1 aliphatic heterocycles. The third kappa shape index (κ3) is 1.22. The van der Waals surface area contributed by atoms with Gasteiger partial charge in [0.15, 0.2) is 0 Å². The summed E-state index contributed by atoms with van der Waals surface area (Å²) in [6, 6.07) is 0. The summed E-state index contributed by atoms with van der Waals surface area (Å²) in [5.41, 5.74) is 1.66. The highest BCUT2D eigenvalue weighted by Crippen LogP contribution is 2.37. The lowest BCUT2D eigenvalue weighted by atomic mass is 9.85. The predicted molar refractivity (Wildman–Crippen MR) is 47.5 cm³/mol. The molecule has 0 N–H and O–H groups in total. The van der Waals surface area contributed by atoms with E-state index in [0.717, 1.165) is 11.8 Å². The zero-order valence-corrected chi connectivity index (χ0v) is 7.51. The molecular weight excluding hydrogens is 134 g/mol. The van der Waals surface area contributed by atoms with Crippen LogP contribution in [0.5, 0.6) is 0 Å². The van der Waals surface area contributed by atoms with Crippen LogP contribution in [0.15, 0.2) is 11.6 Å². The van der Waals surface area contributed by atoms with Gasteiger partial charge < -0.3 is 4.90 Å². The van der Waals surface area contributed by atoms with Gasteiger partial charge in [0.25, 0.3) is 0 Å². The van der Waals surface area contributed by atoms with Crippen LogP contribution in [0.3, 0.4) is 0 Å². The minimum Gasteiger partial charge on any atom is -0.306 e. The van der Waals surface area contributed by atoms with Crippen LogP contribution in [0.25, 0.3) is 0 Å². The lowest BCUT2D eigenvalue weighted by Crippen LogP contribution is -2.36. The maximum atomic E-state index is 2.47. The summed E-state index contributed by atoms with van der Waals surface area (Å²) >= 11 is 0. The number of likely N-dealkylation sites (tertiary alicyclic amines) is 1. The van der Waals surface area contributed by atoms with Gasteiger partial charge in [-0.3, -0.25) is 0 Å². The zero-order chi connectivity index (χ0) is 7.84. The van der Waals surface area contributed by atoms with Crippen molar-refractivity contribution in [2.75, 3.05) is 20.1 Å². The molecule has 0 radical (unpaired) electrons. The van der Waals surface area contributed by atoms with Gasteiger partial charge in [-0.2, -0.15) is 0 Å². The number of piperidine rings is 1. The van der Waals surface area contributed by atoms with Crippen molar-refractivity contribution in [2.24, 2.45) is 11.8 Å². The van der Waals surface area contributed by atoms with E-state index in [4.69, 9.17) is 0 Å². The van der Waals surface area contributed by atoms with Crippen molar-refractivity contribution in [1.29, 1.82) is 0 Å². The smallest absolute Gasteiger partial charge is 0.00153 e. The Bertz CT molecular complexity index is 183. The van der Waals surface area contributed by atoms with Crippen LogP contribution in [-0.4, -0.2) is 25.0 Å². The monoisotopic (exact) mass is 151 g/mol. The molecule has 2 rings (SSSR count). The Hall–Kier alpha value is -0.300. The SMILES string of the molecule is CC1=CCC2CN(C)CCC12. The fourth-order valence-electron chi connectivity index (χ4n) is 2.54. The summed E-state index contributed by atoms with van der Waals surface area (Å²) < 4.78 is 0. The maximum Gasteiger partial charge on any atom is 0.00153 e. The van der Waals surface area contributed by atoms with Crippen molar-refractivity contribution < 1.29 is 0 Å². The molecule has 2 unspecified atom stereocenters. The summed E-state index contributed by atoms with van der Waals surface area (Å²) in [5.74, 6) is 1.89. The Morgan fingerprint density at radius 2 is 2.36 bits per heavy atom. The van der Waals surface area contributed by atoms with Gasteiger partial charge in [-0.25, -0.2) is 0 Å². The Morgan fingerprint density at radius 1 is 1.55 bits per heavy atom. The average Bonchev–Trinajstić information content (AvgIpc) is 2.32. The summed E-state index contributed by atoms with van der Waals surface area (Å²) in [4.78, 5) is 2.47. The van der Waals surface area contributed by atoms with Gasteiger partial charge in [0, 0.05) is 6.54 Å². The predicted octanol–water partition coefficient (Wildman–Crippen LogP) is 1.90. The van der Waals surface area contributed by atoms with Crippen LogP contribution in [-0.2, 0) is 0 Å². The average molecular weight is 151 g/mol. The van der Waals surface area contributed by atoms with Crippen molar-refractivity contribution in [3.05, 3.63) is 11.6 Å². The molecule has 1 heteroatoms. The normalized spacial score (nSPS) is 38.5. The lowest BCUT2D eigenvalue weighted by molar-refractivity contribution is 0.175. The van der Waals surface area contributed by atoms with E-state index in [2.05, 4.69) is 24.9 Å². The molecule has 0 bridgehead atoms. The summed E-state index contributed by atoms with van der Waals surface area (Å²) in [7, 11) is 2.24. The summed E-state index contributed by atoms with van der Waals surface area (Å²) in [5, 5.41) is 0. The highest BCUT2D eigenvalue weighted by Gasteiger charge is 2.31. The molecule has 11 heavy (non-hydrogen) atoms. The van der Waals surface area contributed by atoms with E-state index in [1.807, 2.05) is 0 Å². The molecule has 1 fully saturated rings. The van der Waals surface area contributed by atoms with E-state index in [9.17, 15) is 0 Å². The highest BCUT2D eigenvalue weighted by molar-refractivity contribution is 5.14. The number of allylic oxidation sites excluding steroid dienone is 2. The molecule has 1 nitrogen and oxygen atoms in total. The van der Waals surface area contributed by atoms with Crippen LogP contribution in [0.2, 0.25) is 0 Å². The first-order valence-electron chi connectivity index (χ1n) is 4.62. The third-order valence-electron chi connectivity index (χ3n) is 3.26. The molecule has 0 aromatic carbocycles. The summed E-state index contributed by atoms with van der Waals surface area (Å²) in [6.45, 7) is 4.92. The zero-order valence-electron chi connectivity index (χ0n) is 7.51. The number of hydrogen-bond donors (Lipinski definition) is 0. The number of nitrogens with zero attached hydrogens (tertiary/aromatic N) is 1. The minimum atomic E-state index is 0.936. The first-order chi connectivity index (χ1) is 5.27. The third-order valence-corrected chi connectivity index (χ3v) is 3.26. The first-order valence-corrected chi connectivity index (χ1v) is 4.62. The van der Waals surface area contributed by atoms with Gasteiger partial charge in [0.2, 0.25) is 0 Å². The van der Waals surface area contributed by atoms with Gasteiger partial charge >= 0.3 is 0 Å². The molecule has 0 aromatic heterocycles. The Labute approximate surface area is 69.1 Å². The van der Waals surface area contributed by atoms with Crippen molar-refractivity contribution in [1.82, 2.24) is 4.90 Å². The van der Waals surface area contributed by atoms with Gasteiger partial charge in [-0.1, -0.05) is 11.6 Å². The lowest BCUT2D eigenvalue weighted by Gasteiger charge is -2.33. The molecule has 2 aliphatic rings. The van der Waals surface area contributed by atoms with Crippen LogP contribution in [0.4, 0.5) is 0 Å². The molecular formula is C10H17N. The number of rotatable bonds is 0. The Balaban J connectivity index is 2.05. The molecule has 2 atom stereocenters. The molecule has 0 aromatic rings. The van der Waals surface area contributed by atoms with Crippen LogP contribution in [0.1, 0.15) is 19.8 Å². The largest absolute Gasteiger partial charge is 0.306 e. The van der Waals surface area contributed by atoms with E-state index in [-0.39, 0.29) is 0 Å². The molecule has 1 saturated heterocycles. The van der Waals surface area contributed by atoms with Gasteiger partial charge in [-0.05, 0) is 45.2 Å². The summed E-state index contributed by atoms with van der Waals surface area (Å²) in [6.07, 6.45) is 5.17. The van der Waals surface area contributed by atoms with Crippen LogP contribution < -0.4 is 0 Å². The fourth-order valence-corrected chi connectivity index (χ4v) is 2.54. The second-order valence-electron chi connectivity index (χ2n) is 4.10. The van der Waals surface area contributed by atoms with Crippen LogP contribution >= 0.6 is 0 Å². The minimum absolute atomic E-state index is 0.936. The van der Waals surface area contributed by atoms with Gasteiger partial charge in [0.05, 0.1) is 0 Å². The second kappa shape index (κ2) is 2.63. The highest BCUT2D eigenvalue weighted by atomic mass is 15.1. The van der Waals surface area contributed by atoms with E-state index in [1.165, 1.54) is 25.9 Å². The van der Waals surface area contributed by atoms with Crippen molar-refractivity contribution in [2.45, 2.75) is 19.8 Å². The topological polar surface area (TPSA) is 3.24 Å². The van der Waals surface area contributed by atoms with E-state index >= 15 is 0 Å². The van der Waals surface area contributed by atoms with Crippen molar-refractivity contribution in [3.8, 4) is 0 Å². The Morgan fingerprint density at radius 3 is 3.18 bits per heavy atom. The van der Waals surface area contributed by atoms with E-state index < -0.39 is 0 Å². The second-order valence-corrected chi connectivity index (χ2v) is 4.10. The van der Waals surface area contributed by atoms with Gasteiger partial charge in [0.1, 0.15) is 0 Å². The quantitative estimate of drug-likeness (QED) is 0.478. The van der Waals surface area contributed by atoms with E-state index in [1.54, 1.807) is 5.57 Å². The molecule has 0 saturated carbocycles.